The first kappa shape index (κ1) is 79.8. The van der Waals surface area contributed by atoms with E-state index in [1.165, 1.54) is 231 Å². The summed E-state index contributed by atoms with van der Waals surface area (Å²) in [7, 11) is 0. The van der Waals surface area contributed by atoms with Crippen LogP contribution in [0.15, 0.2) is 0 Å². The molecular weight excluding hydrogens is 977 g/mol. The van der Waals surface area contributed by atoms with Crippen LogP contribution in [0, 0.1) is 10.8 Å². The smallest absolute Gasteiger partial charge is 0.229 e. The summed E-state index contributed by atoms with van der Waals surface area (Å²) in [5.41, 5.74) is -0.627. The van der Waals surface area contributed by atoms with Crippen molar-refractivity contribution in [3.63, 3.8) is 0 Å². The van der Waals surface area contributed by atoms with Gasteiger partial charge in [0.1, 0.15) is 0 Å². The summed E-state index contributed by atoms with van der Waals surface area (Å²) < 4.78 is 0. The van der Waals surface area contributed by atoms with Crippen LogP contribution in [0.25, 0.3) is 0 Å². The second-order valence-electron chi connectivity index (χ2n) is 25.4. The lowest BCUT2D eigenvalue weighted by Crippen LogP contribution is -2.51. The summed E-state index contributed by atoms with van der Waals surface area (Å²) in [6.07, 6.45) is 60.4. The van der Waals surface area contributed by atoms with Gasteiger partial charge in [0, 0.05) is 36.5 Å². The van der Waals surface area contributed by atoms with Crippen molar-refractivity contribution < 1.29 is 30.0 Å². The maximum atomic E-state index is 14.6. The standard InChI is InChI=1S/C41H83NO3.C30H61NO3/c1-6-10-13-15-17-18-19-20-21-22-23-24-25-26-28-31-35-41(33-29-12-8-3,34-30-27-16-14-11-7-2)40(45)42(36-39(44)37-43)38(5)32-9-4;1-5-9-11-13-15-16-17-18-20-22-25-30(23-7-3,24-21-19-14-12-10-6-2)29(34)31(8-4)26-28(33)27-32/h38-39,43-44H,6-37H2,1-5H3;28,32-33H,5-27H2,1-4H3. The zero-order valence-electron chi connectivity index (χ0n) is 55.1. The number of aliphatic hydroxyl groups is 4. The molecule has 0 aliphatic heterocycles. The predicted octanol–water partition coefficient (Wildman–Crippen LogP) is 20.4. The Bertz CT molecular complexity index is 1270. The number of unbranched alkanes of at least 4 members (excludes halogenated alkanes) is 36. The first-order valence-electron chi connectivity index (χ1n) is 35.6. The molecule has 5 unspecified atom stereocenters. The fourth-order valence-corrected chi connectivity index (χ4v) is 12.7. The van der Waals surface area contributed by atoms with Crippen molar-refractivity contribution in [2.75, 3.05) is 32.8 Å². The average Bonchev–Trinajstić information content (AvgIpc) is 3.48. The number of amides is 2. The Labute approximate surface area is 494 Å². The van der Waals surface area contributed by atoms with Crippen molar-refractivity contribution in [2.45, 2.75) is 402 Å². The molecule has 0 aromatic carbocycles. The van der Waals surface area contributed by atoms with Gasteiger partial charge < -0.3 is 30.2 Å². The SMILES string of the molecule is CCCCCCCCCCCCC(CCC)(CCCCCCCC)C(=O)N(CC)CC(O)CO.CCCCCCCCCCCCCCCCCCC(CCCCC)(CCCCCCCC)C(=O)N(CC(O)CO)C(C)CCC. The molecule has 0 aliphatic rings. The molecule has 0 heterocycles. The van der Waals surface area contributed by atoms with Gasteiger partial charge in [0.05, 0.1) is 25.4 Å². The van der Waals surface area contributed by atoms with Gasteiger partial charge in [-0.3, -0.25) is 9.59 Å². The Hall–Kier alpha value is -1.22. The molecule has 0 aromatic rings. The number of carbonyl (C=O) groups is 2. The highest BCUT2D eigenvalue weighted by atomic mass is 16.3. The molecule has 5 atom stereocenters. The minimum atomic E-state index is -0.869. The number of hydrogen-bond acceptors (Lipinski definition) is 6. The van der Waals surface area contributed by atoms with Crippen molar-refractivity contribution >= 4 is 11.8 Å². The van der Waals surface area contributed by atoms with Crippen LogP contribution in [0.1, 0.15) is 383 Å². The van der Waals surface area contributed by atoms with E-state index in [0.717, 1.165) is 89.9 Å². The first-order valence-corrected chi connectivity index (χ1v) is 35.6. The largest absolute Gasteiger partial charge is 0.394 e. The van der Waals surface area contributed by atoms with E-state index in [2.05, 4.69) is 55.4 Å². The number of carbonyl (C=O) groups excluding carboxylic acids is 2. The van der Waals surface area contributed by atoms with Crippen LogP contribution in [0.2, 0.25) is 0 Å². The van der Waals surface area contributed by atoms with Crippen LogP contribution in [0.5, 0.6) is 0 Å². The fourth-order valence-electron chi connectivity index (χ4n) is 12.7. The second-order valence-corrected chi connectivity index (χ2v) is 25.4. The van der Waals surface area contributed by atoms with Gasteiger partial charge in [-0.25, -0.2) is 0 Å². The zero-order chi connectivity index (χ0) is 58.9. The van der Waals surface area contributed by atoms with Gasteiger partial charge in [-0.05, 0) is 58.8 Å². The highest BCUT2D eigenvalue weighted by Gasteiger charge is 2.42. The summed E-state index contributed by atoms with van der Waals surface area (Å²) in [6.45, 7) is 20.3. The molecule has 4 N–H and O–H groups in total. The fraction of sp³-hybridized carbons (Fsp3) is 0.972. The van der Waals surface area contributed by atoms with Crippen LogP contribution >= 0.6 is 0 Å². The van der Waals surface area contributed by atoms with E-state index >= 15 is 0 Å². The van der Waals surface area contributed by atoms with E-state index in [-0.39, 0.29) is 55.0 Å². The van der Waals surface area contributed by atoms with Crippen molar-refractivity contribution in [2.24, 2.45) is 10.8 Å². The third kappa shape index (κ3) is 43.1. The lowest BCUT2D eigenvalue weighted by Gasteiger charge is -2.41. The number of likely N-dealkylation sites (N-methyl/N-ethyl adjacent to an activating group) is 1. The van der Waals surface area contributed by atoms with Gasteiger partial charge in [0.15, 0.2) is 0 Å². The van der Waals surface area contributed by atoms with Crippen LogP contribution in [-0.2, 0) is 9.59 Å². The Kier molecular flexibility index (Phi) is 59.2. The highest BCUT2D eigenvalue weighted by Crippen LogP contribution is 2.41. The minimum absolute atomic E-state index is 0.0876. The first-order chi connectivity index (χ1) is 38.4. The van der Waals surface area contributed by atoms with E-state index in [0.29, 0.717) is 6.54 Å². The summed E-state index contributed by atoms with van der Waals surface area (Å²) in [5.74, 6) is 0.482. The number of nitrogens with zero attached hydrogens (tertiary/aromatic N) is 2. The molecule has 0 aliphatic carbocycles. The maximum Gasteiger partial charge on any atom is 0.229 e. The van der Waals surface area contributed by atoms with Crippen molar-refractivity contribution in [1.29, 1.82) is 0 Å². The zero-order valence-corrected chi connectivity index (χ0v) is 55.1. The van der Waals surface area contributed by atoms with Gasteiger partial charge in [-0.15, -0.1) is 0 Å². The van der Waals surface area contributed by atoms with Crippen molar-refractivity contribution in [3.05, 3.63) is 0 Å². The van der Waals surface area contributed by atoms with Gasteiger partial charge in [0.25, 0.3) is 0 Å². The molecule has 0 saturated carbocycles. The average molecular weight is 1120 g/mol. The van der Waals surface area contributed by atoms with E-state index in [1.54, 1.807) is 0 Å². The summed E-state index contributed by atoms with van der Waals surface area (Å²) >= 11 is 0. The lowest BCUT2D eigenvalue weighted by molar-refractivity contribution is -0.148. The van der Waals surface area contributed by atoms with Crippen LogP contribution in [0.3, 0.4) is 0 Å². The Morgan fingerprint density at radius 3 is 0.848 bits per heavy atom. The highest BCUT2D eigenvalue weighted by molar-refractivity contribution is 5.83. The molecular formula is C71H144N2O6. The van der Waals surface area contributed by atoms with Gasteiger partial charge >= 0.3 is 0 Å². The van der Waals surface area contributed by atoms with Crippen LogP contribution in [-0.4, -0.2) is 93.1 Å². The molecule has 79 heavy (non-hydrogen) atoms. The molecule has 0 radical (unpaired) electrons. The monoisotopic (exact) mass is 1120 g/mol. The summed E-state index contributed by atoms with van der Waals surface area (Å²) in [4.78, 5) is 32.2. The number of hydrogen-bond donors (Lipinski definition) is 4. The Balaban J connectivity index is 0. The number of aliphatic hydroxyl groups excluding tert-OH is 4. The van der Waals surface area contributed by atoms with Crippen LogP contribution < -0.4 is 0 Å². The van der Waals surface area contributed by atoms with Crippen molar-refractivity contribution in [1.82, 2.24) is 9.80 Å². The normalized spacial score (nSPS) is 14.3. The molecule has 8 nitrogen and oxygen atoms in total. The molecule has 0 saturated heterocycles. The summed E-state index contributed by atoms with van der Waals surface area (Å²) in [5, 5.41) is 39.5. The Morgan fingerprint density at radius 2 is 0.582 bits per heavy atom. The lowest BCUT2D eigenvalue weighted by atomic mass is 9.72. The van der Waals surface area contributed by atoms with Gasteiger partial charge in [0.2, 0.25) is 11.8 Å². The molecule has 8 heteroatoms. The molecule has 0 rings (SSSR count). The van der Waals surface area contributed by atoms with Gasteiger partial charge in [-0.1, -0.05) is 325 Å². The molecule has 0 spiro atoms. The second kappa shape index (κ2) is 58.5. The maximum absolute atomic E-state index is 14.6. The topological polar surface area (TPSA) is 122 Å². The Morgan fingerprint density at radius 1 is 0.329 bits per heavy atom. The van der Waals surface area contributed by atoms with E-state index < -0.39 is 12.2 Å². The predicted molar refractivity (Wildman–Crippen MR) is 345 cm³/mol. The van der Waals surface area contributed by atoms with Gasteiger partial charge in [-0.2, -0.15) is 0 Å². The molecule has 0 fully saturated rings. The summed E-state index contributed by atoms with van der Waals surface area (Å²) in [6, 6.07) is 0.0876. The third-order valence-electron chi connectivity index (χ3n) is 17.9. The van der Waals surface area contributed by atoms with E-state index in [4.69, 9.17) is 0 Å². The van der Waals surface area contributed by atoms with Crippen LogP contribution in [0.4, 0.5) is 0 Å². The molecule has 0 bridgehead atoms. The van der Waals surface area contributed by atoms with E-state index in [1.807, 2.05) is 16.7 Å². The number of rotatable bonds is 60. The van der Waals surface area contributed by atoms with Crippen molar-refractivity contribution in [3.8, 4) is 0 Å². The molecule has 0 aromatic heterocycles. The minimum Gasteiger partial charge on any atom is -0.394 e. The molecule has 2 amide bonds. The molecule has 474 valence electrons. The quantitative estimate of drug-likeness (QED) is 0.0450. The van der Waals surface area contributed by atoms with E-state index in [9.17, 15) is 30.0 Å². The third-order valence-corrected chi connectivity index (χ3v) is 17.9.